The fourth-order valence-electron chi connectivity index (χ4n) is 1.83. The number of halogens is 4. The fraction of sp³-hybridized carbons (Fsp3) is 0.231. The summed E-state index contributed by atoms with van der Waals surface area (Å²) in [4.78, 5) is 0.893. The van der Waals surface area contributed by atoms with Crippen LogP contribution in [-0.4, -0.2) is 7.05 Å². The molecule has 1 aromatic carbocycles. The van der Waals surface area contributed by atoms with Gasteiger partial charge in [-0.3, -0.25) is 0 Å². The van der Waals surface area contributed by atoms with Gasteiger partial charge >= 0.3 is 6.18 Å². The van der Waals surface area contributed by atoms with E-state index in [1.54, 1.807) is 13.1 Å². The molecule has 0 amide bonds. The van der Waals surface area contributed by atoms with Gasteiger partial charge in [0, 0.05) is 4.88 Å². The maximum absolute atomic E-state index is 12.5. The minimum Gasteiger partial charge on any atom is -0.309 e. The lowest BCUT2D eigenvalue weighted by atomic mass is 10.0. The molecule has 0 saturated heterocycles. The van der Waals surface area contributed by atoms with Gasteiger partial charge in [-0.1, -0.05) is 23.7 Å². The lowest BCUT2D eigenvalue weighted by Crippen LogP contribution is -2.17. The first-order valence-corrected chi connectivity index (χ1v) is 6.76. The molecule has 0 fully saturated rings. The van der Waals surface area contributed by atoms with E-state index in [0.717, 1.165) is 22.6 Å². The lowest BCUT2D eigenvalue weighted by Gasteiger charge is -2.16. The highest BCUT2D eigenvalue weighted by Crippen LogP contribution is 2.34. The molecule has 1 aromatic heterocycles. The Kier molecular flexibility index (Phi) is 4.18. The van der Waals surface area contributed by atoms with Crippen LogP contribution in [0.5, 0.6) is 0 Å². The van der Waals surface area contributed by atoms with Crippen molar-refractivity contribution in [2.75, 3.05) is 7.05 Å². The standard InChI is InChI=1S/C13H11ClF3NS/c1-18-11(12-10(14)6-7-19-12)8-2-4-9(5-3-8)13(15,16)17/h2-7,11,18H,1H3. The largest absolute Gasteiger partial charge is 0.416 e. The average Bonchev–Trinajstić information content (AvgIpc) is 2.76. The van der Waals surface area contributed by atoms with E-state index >= 15 is 0 Å². The van der Waals surface area contributed by atoms with Gasteiger partial charge in [-0.2, -0.15) is 13.2 Å². The van der Waals surface area contributed by atoms with Crippen LogP contribution in [-0.2, 0) is 6.18 Å². The maximum Gasteiger partial charge on any atom is 0.416 e. The third-order valence-corrected chi connectivity index (χ3v) is 4.19. The van der Waals surface area contributed by atoms with Crippen molar-refractivity contribution in [2.24, 2.45) is 0 Å². The SMILES string of the molecule is CNC(c1ccc(C(F)(F)F)cc1)c1sccc1Cl. The van der Waals surface area contributed by atoms with Gasteiger partial charge in [-0.05, 0) is 36.2 Å². The van der Waals surface area contributed by atoms with Crippen molar-refractivity contribution in [3.8, 4) is 0 Å². The molecule has 1 unspecified atom stereocenters. The predicted octanol–water partition coefficient (Wildman–Crippen LogP) is 4.73. The minimum atomic E-state index is -4.31. The van der Waals surface area contributed by atoms with Crippen LogP contribution < -0.4 is 5.32 Å². The van der Waals surface area contributed by atoms with Crippen molar-refractivity contribution in [1.82, 2.24) is 5.32 Å². The second-order valence-electron chi connectivity index (χ2n) is 3.97. The minimum absolute atomic E-state index is 0.199. The third-order valence-electron chi connectivity index (χ3n) is 2.77. The van der Waals surface area contributed by atoms with Gasteiger partial charge in [0.2, 0.25) is 0 Å². The Morgan fingerprint density at radius 2 is 1.79 bits per heavy atom. The molecule has 1 heterocycles. The summed E-state index contributed by atoms with van der Waals surface area (Å²) >= 11 is 7.53. The van der Waals surface area contributed by atoms with Crippen molar-refractivity contribution in [1.29, 1.82) is 0 Å². The molecule has 1 atom stereocenters. The molecule has 0 saturated carbocycles. The number of hydrogen-bond acceptors (Lipinski definition) is 2. The van der Waals surface area contributed by atoms with Crippen molar-refractivity contribution in [2.45, 2.75) is 12.2 Å². The van der Waals surface area contributed by atoms with Gasteiger partial charge < -0.3 is 5.32 Å². The Morgan fingerprint density at radius 1 is 1.16 bits per heavy atom. The van der Waals surface area contributed by atoms with Crippen LogP contribution in [0.15, 0.2) is 35.7 Å². The molecule has 0 spiro atoms. The first-order valence-electron chi connectivity index (χ1n) is 5.51. The highest BCUT2D eigenvalue weighted by atomic mass is 35.5. The molecule has 2 rings (SSSR count). The Morgan fingerprint density at radius 3 is 2.21 bits per heavy atom. The lowest BCUT2D eigenvalue weighted by molar-refractivity contribution is -0.137. The number of thiophene rings is 1. The van der Waals surface area contributed by atoms with E-state index in [2.05, 4.69) is 5.32 Å². The monoisotopic (exact) mass is 305 g/mol. The Bertz CT molecular complexity index is 548. The van der Waals surface area contributed by atoms with Crippen molar-refractivity contribution in [3.05, 3.63) is 56.7 Å². The highest BCUT2D eigenvalue weighted by molar-refractivity contribution is 7.10. The summed E-state index contributed by atoms with van der Waals surface area (Å²) < 4.78 is 37.5. The molecule has 102 valence electrons. The normalized spacial score (nSPS) is 13.5. The number of benzene rings is 1. The molecule has 0 aliphatic carbocycles. The zero-order valence-corrected chi connectivity index (χ0v) is 11.5. The molecule has 6 heteroatoms. The summed E-state index contributed by atoms with van der Waals surface area (Å²) in [6.07, 6.45) is -4.31. The van der Waals surface area contributed by atoms with Gasteiger partial charge in [-0.25, -0.2) is 0 Å². The van der Waals surface area contributed by atoms with E-state index < -0.39 is 11.7 Å². The quantitative estimate of drug-likeness (QED) is 0.864. The van der Waals surface area contributed by atoms with Gasteiger partial charge in [-0.15, -0.1) is 11.3 Å². The summed E-state index contributed by atoms with van der Waals surface area (Å²) in [5.41, 5.74) is 0.100. The molecular formula is C13H11ClF3NS. The van der Waals surface area contributed by atoms with Crippen LogP contribution in [0.4, 0.5) is 13.2 Å². The second-order valence-corrected chi connectivity index (χ2v) is 5.33. The Labute approximate surface area is 118 Å². The van der Waals surface area contributed by atoms with E-state index in [0.29, 0.717) is 5.02 Å². The summed E-state index contributed by atoms with van der Waals surface area (Å²) in [6, 6.07) is 6.69. The number of alkyl halides is 3. The van der Waals surface area contributed by atoms with Crippen molar-refractivity contribution < 1.29 is 13.2 Å². The number of rotatable bonds is 3. The van der Waals surface area contributed by atoms with Crippen LogP contribution in [0.2, 0.25) is 5.02 Å². The zero-order chi connectivity index (χ0) is 14.0. The van der Waals surface area contributed by atoms with E-state index in [1.165, 1.54) is 23.5 Å². The molecule has 0 radical (unpaired) electrons. The Balaban J connectivity index is 2.33. The van der Waals surface area contributed by atoms with E-state index in [9.17, 15) is 13.2 Å². The fourth-order valence-corrected chi connectivity index (χ4v) is 3.13. The van der Waals surface area contributed by atoms with E-state index in [-0.39, 0.29) is 6.04 Å². The molecular weight excluding hydrogens is 295 g/mol. The van der Waals surface area contributed by atoms with Gasteiger partial charge in [0.25, 0.3) is 0 Å². The van der Waals surface area contributed by atoms with Gasteiger partial charge in [0.1, 0.15) is 0 Å². The number of hydrogen-bond donors (Lipinski definition) is 1. The zero-order valence-electron chi connectivity index (χ0n) is 9.96. The van der Waals surface area contributed by atoms with Crippen LogP contribution in [0.3, 0.4) is 0 Å². The van der Waals surface area contributed by atoms with Crippen LogP contribution in [0.25, 0.3) is 0 Å². The molecule has 1 N–H and O–H groups in total. The first kappa shape index (κ1) is 14.4. The highest BCUT2D eigenvalue weighted by Gasteiger charge is 2.30. The van der Waals surface area contributed by atoms with Crippen molar-refractivity contribution >= 4 is 22.9 Å². The van der Waals surface area contributed by atoms with Crippen LogP contribution >= 0.6 is 22.9 Å². The molecule has 2 aromatic rings. The Hall–Kier alpha value is -1.04. The molecule has 0 aliphatic rings. The average molecular weight is 306 g/mol. The molecule has 0 bridgehead atoms. The van der Waals surface area contributed by atoms with Gasteiger partial charge in [0.05, 0.1) is 16.6 Å². The van der Waals surface area contributed by atoms with Gasteiger partial charge in [0.15, 0.2) is 0 Å². The number of nitrogens with one attached hydrogen (secondary N) is 1. The third kappa shape index (κ3) is 3.11. The summed E-state index contributed by atoms with van der Waals surface area (Å²) in [5, 5.41) is 5.53. The predicted molar refractivity (Wildman–Crippen MR) is 71.7 cm³/mol. The maximum atomic E-state index is 12.5. The summed E-state index contributed by atoms with van der Waals surface area (Å²) in [5.74, 6) is 0. The topological polar surface area (TPSA) is 12.0 Å². The molecule has 1 nitrogen and oxygen atoms in total. The first-order chi connectivity index (χ1) is 8.93. The van der Waals surface area contributed by atoms with Crippen LogP contribution in [0.1, 0.15) is 22.0 Å². The smallest absolute Gasteiger partial charge is 0.309 e. The van der Waals surface area contributed by atoms with Crippen LogP contribution in [0, 0.1) is 0 Å². The second kappa shape index (κ2) is 5.53. The molecule has 19 heavy (non-hydrogen) atoms. The van der Waals surface area contributed by atoms with E-state index in [4.69, 9.17) is 11.6 Å². The summed E-state index contributed by atoms with van der Waals surface area (Å²) in [6.45, 7) is 0. The summed E-state index contributed by atoms with van der Waals surface area (Å²) in [7, 11) is 1.75. The molecule has 0 aliphatic heterocycles. The van der Waals surface area contributed by atoms with E-state index in [1.807, 2.05) is 5.38 Å². The van der Waals surface area contributed by atoms with Crippen molar-refractivity contribution in [3.63, 3.8) is 0 Å².